The van der Waals surface area contributed by atoms with E-state index in [4.69, 9.17) is 9.57 Å². The lowest BCUT2D eigenvalue weighted by molar-refractivity contribution is 0.0547. The van der Waals surface area contributed by atoms with Crippen LogP contribution >= 0.6 is 11.3 Å². The van der Waals surface area contributed by atoms with Crippen molar-refractivity contribution in [3.63, 3.8) is 0 Å². The Kier molecular flexibility index (Phi) is 11.0. The largest absolute Gasteiger partial charge is 0.489 e. The van der Waals surface area contributed by atoms with E-state index < -0.39 is 11.0 Å². The summed E-state index contributed by atoms with van der Waals surface area (Å²) in [5, 5.41) is 0.649. The molecule has 198 valence electrons. The average molecular weight is 543 g/mol. The minimum Gasteiger partial charge on any atom is -0.489 e. The first-order chi connectivity index (χ1) is 17.9. The molecule has 2 heterocycles. The highest BCUT2D eigenvalue weighted by atomic mass is 32.2. The molecule has 3 rings (SSSR count). The third kappa shape index (κ3) is 7.81. The number of benzene rings is 1. The van der Waals surface area contributed by atoms with Gasteiger partial charge in [-0.25, -0.2) is 13.9 Å². The number of rotatable bonds is 14. The number of allylic oxidation sites excluding steroid dienone is 3. The van der Waals surface area contributed by atoms with Gasteiger partial charge in [-0.2, -0.15) is 0 Å². The van der Waals surface area contributed by atoms with E-state index in [0.29, 0.717) is 31.6 Å². The molecule has 0 saturated carbocycles. The molecule has 0 amide bonds. The molecule has 3 aromatic rings. The predicted molar refractivity (Wildman–Crippen MR) is 154 cm³/mol. The number of hydrogen-bond acceptors (Lipinski definition) is 7. The van der Waals surface area contributed by atoms with E-state index in [9.17, 15) is 9.00 Å². The Balaban J connectivity index is 1.91. The number of nitrogens with zero attached hydrogens (tertiary/aromatic N) is 2. The van der Waals surface area contributed by atoms with Crippen LogP contribution in [0.2, 0.25) is 0 Å². The second-order valence-electron chi connectivity index (χ2n) is 8.22. The number of aromatic nitrogens is 1. The fourth-order valence-electron chi connectivity index (χ4n) is 3.68. The van der Waals surface area contributed by atoms with Crippen LogP contribution in [0.5, 0.6) is 5.75 Å². The van der Waals surface area contributed by atoms with E-state index in [1.807, 2.05) is 66.0 Å². The second kappa shape index (κ2) is 14.2. The van der Waals surface area contributed by atoms with Gasteiger partial charge in [-0.15, -0.1) is 16.9 Å². The molecule has 0 aliphatic rings. The van der Waals surface area contributed by atoms with Crippen LogP contribution in [0.25, 0.3) is 21.2 Å². The topological polar surface area (TPSA) is 84.8 Å². The third-order valence-electron chi connectivity index (χ3n) is 5.57. The van der Waals surface area contributed by atoms with E-state index in [-0.39, 0.29) is 5.56 Å². The number of pyridine rings is 1. The minimum absolute atomic E-state index is 0.0615. The van der Waals surface area contributed by atoms with Crippen LogP contribution in [0.4, 0.5) is 0 Å². The Morgan fingerprint density at radius 2 is 2.14 bits per heavy atom. The van der Waals surface area contributed by atoms with Gasteiger partial charge in [-0.05, 0) is 36.3 Å². The fraction of sp³-hybridized carbons (Fsp3) is 0.296. The lowest BCUT2D eigenvalue weighted by atomic mass is 10.1. The quantitative estimate of drug-likeness (QED) is 0.181. The molecule has 1 atom stereocenters. The molecule has 0 fully saturated rings. The summed E-state index contributed by atoms with van der Waals surface area (Å²) in [5.41, 5.74) is 8.27. The van der Waals surface area contributed by atoms with Crippen LogP contribution in [0, 0.1) is 0 Å². The molecule has 1 unspecified atom stereocenters. The molecule has 1 aromatic carbocycles. The van der Waals surface area contributed by atoms with Crippen molar-refractivity contribution in [3.05, 3.63) is 88.2 Å². The molecule has 0 saturated heterocycles. The van der Waals surface area contributed by atoms with Gasteiger partial charge in [0.2, 0.25) is 0 Å². The van der Waals surface area contributed by atoms with Crippen LogP contribution < -0.4 is 21.3 Å². The van der Waals surface area contributed by atoms with E-state index in [1.165, 1.54) is 7.11 Å². The zero-order valence-corrected chi connectivity index (χ0v) is 23.3. The summed E-state index contributed by atoms with van der Waals surface area (Å²) in [6, 6.07) is 9.77. The first-order valence-electron chi connectivity index (χ1n) is 11.8. The number of hydrazine groups is 1. The van der Waals surface area contributed by atoms with Crippen LogP contribution in [0.1, 0.15) is 11.8 Å². The number of aryl methyl sites for hydroxylation is 1. The van der Waals surface area contributed by atoms with Crippen molar-refractivity contribution in [1.29, 1.82) is 0 Å². The fourth-order valence-corrected chi connectivity index (χ4v) is 5.62. The Morgan fingerprint density at radius 1 is 1.32 bits per heavy atom. The van der Waals surface area contributed by atoms with E-state index in [0.717, 1.165) is 32.0 Å². The molecule has 0 radical (unpaired) electrons. The predicted octanol–water partition coefficient (Wildman–Crippen LogP) is 4.09. The third-order valence-corrected chi connectivity index (χ3v) is 7.76. The summed E-state index contributed by atoms with van der Waals surface area (Å²) < 4.78 is 22.7. The van der Waals surface area contributed by atoms with Crippen LogP contribution in [0.3, 0.4) is 0 Å². The molecule has 0 bridgehead atoms. The minimum atomic E-state index is -1.18. The van der Waals surface area contributed by atoms with Gasteiger partial charge >= 0.3 is 0 Å². The molecule has 37 heavy (non-hydrogen) atoms. The van der Waals surface area contributed by atoms with Crippen molar-refractivity contribution in [2.75, 3.05) is 33.1 Å². The van der Waals surface area contributed by atoms with Crippen molar-refractivity contribution in [2.45, 2.75) is 13.5 Å². The maximum absolute atomic E-state index is 13.0. The van der Waals surface area contributed by atoms with Gasteiger partial charge in [0.25, 0.3) is 5.56 Å². The first kappa shape index (κ1) is 28.7. The van der Waals surface area contributed by atoms with Gasteiger partial charge in [-0.3, -0.25) is 9.63 Å². The summed E-state index contributed by atoms with van der Waals surface area (Å²) in [4.78, 5) is 18.7. The molecular formula is C27H34N4O4S2. The summed E-state index contributed by atoms with van der Waals surface area (Å²) in [6.07, 6.45) is 11.2. The van der Waals surface area contributed by atoms with Gasteiger partial charge in [0.15, 0.2) is 0 Å². The smallest absolute Gasteiger partial charge is 0.259 e. The van der Waals surface area contributed by atoms with Crippen molar-refractivity contribution < 1.29 is 13.8 Å². The lowest BCUT2D eigenvalue weighted by Gasteiger charge is -2.18. The molecule has 8 nitrogen and oxygen atoms in total. The molecule has 0 aliphatic heterocycles. The Morgan fingerprint density at radius 3 is 2.84 bits per heavy atom. The van der Waals surface area contributed by atoms with Gasteiger partial charge in [0.1, 0.15) is 12.4 Å². The maximum Gasteiger partial charge on any atom is 0.259 e. The Bertz CT molecular complexity index is 1360. The van der Waals surface area contributed by atoms with Crippen molar-refractivity contribution in [1.82, 2.24) is 19.9 Å². The van der Waals surface area contributed by atoms with Crippen LogP contribution in [0.15, 0.2) is 77.8 Å². The Hall–Kier alpha value is -2.86. The number of nitrogens with one attached hydrogen (secondary N) is 2. The monoisotopic (exact) mass is 542 g/mol. The standard InChI is InChI=1S/C27H34N4O4S2/c1-6-8-10-20(7-2)19-35-22-12-9-11-21(15-22)25-18-30(3)27(32)24-16-23(36-26(24)25)17-31(37(5)33)14-13-28-29-34-4/h6-12,15-16,18,28-29H,2,13-14,17,19H2,1,3-5H3/b8-6-,20-10+. The average Bonchev–Trinajstić information content (AvgIpc) is 3.32. The molecule has 0 aliphatic carbocycles. The van der Waals surface area contributed by atoms with Crippen molar-refractivity contribution in [2.24, 2.45) is 7.05 Å². The van der Waals surface area contributed by atoms with E-state index in [2.05, 4.69) is 17.6 Å². The van der Waals surface area contributed by atoms with Crippen molar-refractivity contribution in [3.8, 4) is 16.9 Å². The summed E-state index contributed by atoms with van der Waals surface area (Å²) in [5.74, 6) is 0.731. The molecule has 2 N–H and O–H groups in total. The van der Waals surface area contributed by atoms with Gasteiger partial charge in [0, 0.05) is 54.3 Å². The molecule has 0 spiro atoms. The zero-order chi connectivity index (χ0) is 26.8. The number of fused-ring (bicyclic) bond motifs is 1. The number of hydrogen-bond donors (Lipinski definition) is 2. The SMILES string of the molecule is C=C/C(=C\C=C/C)COc1cccc(-c2cn(C)c(=O)c3cc(CN(CCNNOC)S(C)=O)sc23)c1. The van der Waals surface area contributed by atoms with Gasteiger partial charge < -0.3 is 9.30 Å². The van der Waals surface area contributed by atoms with Gasteiger partial charge in [-0.1, -0.05) is 43.0 Å². The number of ether oxygens (including phenoxy) is 1. The molecule has 2 aromatic heterocycles. The molecular weight excluding hydrogens is 508 g/mol. The second-order valence-corrected chi connectivity index (χ2v) is 10.7. The normalized spacial score (nSPS) is 13.1. The summed E-state index contributed by atoms with van der Waals surface area (Å²) in [7, 11) is 2.09. The van der Waals surface area contributed by atoms with Gasteiger partial charge in [0.05, 0.1) is 23.5 Å². The highest BCUT2D eigenvalue weighted by Crippen LogP contribution is 2.35. The zero-order valence-electron chi connectivity index (χ0n) is 21.7. The Labute approximate surface area is 224 Å². The highest BCUT2D eigenvalue weighted by molar-refractivity contribution is 7.81. The van der Waals surface area contributed by atoms with Crippen molar-refractivity contribution >= 4 is 32.4 Å². The maximum atomic E-state index is 13.0. The summed E-state index contributed by atoms with van der Waals surface area (Å²) >= 11 is 1.55. The number of thiophene rings is 1. The van der Waals surface area contributed by atoms with Crippen LogP contribution in [-0.2, 0) is 29.4 Å². The molecule has 10 heteroatoms. The first-order valence-corrected chi connectivity index (χ1v) is 14.1. The van der Waals surface area contributed by atoms with E-state index >= 15 is 0 Å². The highest BCUT2D eigenvalue weighted by Gasteiger charge is 2.17. The lowest BCUT2D eigenvalue weighted by Crippen LogP contribution is -2.38. The van der Waals surface area contributed by atoms with E-state index in [1.54, 1.807) is 35.3 Å². The summed E-state index contributed by atoms with van der Waals surface area (Å²) in [6.45, 7) is 7.76. The van der Waals surface area contributed by atoms with Crippen LogP contribution in [-0.4, -0.2) is 46.1 Å².